The van der Waals surface area contributed by atoms with Crippen molar-refractivity contribution in [2.75, 3.05) is 5.32 Å². The fourth-order valence-corrected chi connectivity index (χ4v) is 2.05. The van der Waals surface area contributed by atoms with Crippen molar-refractivity contribution in [1.82, 2.24) is 5.32 Å². The largest absolute Gasteiger partial charge is 0.480 e. The first kappa shape index (κ1) is 16.5. The van der Waals surface area contributed by atoms with E-state index in [0.29, 0.717) is 5.69 Å². The molecule has 0 aliphatic heterocycles. The second kappa shape index (κ2) is 6.26. The minimum absolute atomic E-state index is 0.543. The van der Waals surface area contributed by atoms with Gasteiger partial charge in [0.25, 0.3) is 0 Å². The smallest absolute Gasteiger partial charge is 0.326 e. The van der Waals surface area contributed by atoms with E-state index < -0.39 is 23.5 Å². The van der Waals surface area contributed by atoms with E-state index in [4.69, 9.17) is 0 Å². The van der Waals surface area contributed by atoms with Crippen LogP contribution in [0.1, 0.15) is 26.3 Å². The molecule has 0 radical (unpaired) electrons. The van der Waals surface area contributed by atoms with Crippen LogP contribution in [0, 0.1) is 12.3 Å². The predicted molar refractivity (Wildman–Crippen MR) is 81.9 cm³/mol. The molecule has 5 nitrogen and oxygen atoms in total. The monoisotopic (exact) mass is 342 g/mol. The molecule has 0 fully saturated rings. The van der Waals surface area contributed by atoms with Crippen LogP contribution in [0.25, 0.3) is 0 Å². The molecule has 0 spiro atoms. The molecule has 6 heteroatoms. The summed E-state index contributed by atoms with van der Waals surface area (Å²) in [5.41, 5.74) is 1.00. The average Bonchev–Trinajstić information content (AvgIpc) is 2.30. The van der Waals surface area contributed by atoms with Crippen molar-refractivity contribution < 1.29 is 14.7 Å². The van der Waals surface area contributed by atoms with E-state index in [9.17, 15) is 14.7 Å². The first-order valence-electron chi connectivity index (χ1n) is 6.18. The van der Waals surface area contributed by atoms with Crippen LogP contribution in [0.2, 0.25) is 0 Å². The maximum absolute atomic E-state index is 11.9. The molecule has 1 aromatic rings. The third kappa shape index (κ3) is 4.23. The molecule has 0 aliphatic rings. The Kier molecular flexibility index (Phi) is 5.16. The molecular formula is C14H19BrN2O3. The number of nitrogens with one attached hydrogen (secondary N) is 2. The summed E-state index contributed by atoms with van der Waals surface area (Å²) in [5.74, 6) is -1.06. The second-order valence-corrected chi connectivity index (χ2v) is 6.47. The van der Waals surface area contributed by atoms with Crippen molar-refractivity contribution in [3.8, 4) is 0 Å². The van der Waals surface area contributed by atoms with E-state index in [1.807, 2.05) is 19.1 Å². The van der Waals surface area contributed by atoms with E-state index in [1.165, 1.54) is 0 Å². The van der Waals surface area contributed by atoms with E-state index >= 15 is 0 Å². The summed E-state index contributed by atoms with van der Waals surface area (Å²) in [6, 6.07) is 3.95. The van der Waals surface area contributed by atoms with Crippen molar-refractivity contribution in [3.63, 3.8) is 0 Å². The molecule has 0 saturated heterocycles. The number of hydrogen-bond acceptors (Lipinski definition) is 2. The van der Waals surface area contributed by atoms with Gasteiger partial charge in [-0.2, -0.15) is 0 Å². The lowest BCUT2D eigenvalue weighted by Crippen LogP contribution is -2.50. The topological polar surface area (TPSA) is 78.4 Å². The minimum atomic E-state index is -1.06. The summed E-state index contributed by atoms with van der Waals surface area (Å²) in [4.78, 5) is 23.1. The summed E-state index contributed by atoms with van der Waals surface area (Å²) < 4.78 is 0.776. The van der Waals surface area contributed by atoms with Crippen LogP contribution in [0.5, 0.6) is 0 Å². The number of aryl methyl sites for hydroxylation is 1. The Balaban J connectivity index is 2.82. The molecule has 0 aromatic heterocycles. The summed E-state index contributed by atoms with van der Waals surface area (Å²) in [5, 5.41) is 14.3. The lowest BCUT2D eigenvalue weighted by Gasteiger charge is -2.27. The number of anilines is 1. The number of carboxylic acid groups (broad SMARTS) is 1. The number of aliphatic carboxylic acids is 1. The molecular weight excluding hydrogens is 324 g/mol. The van der Waals surface area contributed by atoms with Crippen LogP contribution in [0.15, 0.2) is 22.7 Å². The van der Waals surface area contributed by atoms with Crippen molar-refractivity contribution in [1.29, 1.82) is 0 Å². The zero-order chi connectivity index (χ0) is 15.5. The Bertz CT molecular complexity index is 524. The van der Waals surface area contributed by atoms with Gasteiger partial charge in [0.15, 0.2) is 0 Å². The number of carbonyl (C=O) groups excluding carboxylic acids is 1. The van der Waals surface area contributed by atoms with Crippen molar-refractivity contribution >= 4 is 33.6 Å². The van der Waals surface area contributed by atoms with Gasteiger partial charge in [-0.3, -0.25) is 0 Å². The van der Waals surface area contributed by atoms with Gasteiger partial charge in [0.2, 0.25) is 0 Å². The van der Waals surface area contributed by atoms with Gasteiger partial charge in [0.1, 0.15) is 6.04 Å². The molecule has 1 aromatic carbocycles. The first-order chi connectivity index (χ1) is 9.12. The quantitative estimate of drug-likeness (QED) is 0.787. The molecule has 1 unspecified atom stereocenters. The molecule has 110 valence electrons. The summed E-state index contributed by atoms with van der Waals surface area (Å²) in [6.07, 6.45) is 0. The normalized spacial score (nSPS) is 12.7. The fourth-order valence-electron chi connectivity index (χ4n) is 1.68. The third-order valence-corrected chi connectivity index (χ3v) is 3.88. The van der Waals surface area contributed by atoms with Gasteiger partial charge in [0, 0.05) is 4.47 Å². The highest BCUT2D eigenvalue weighted by Gasteiger charge is 2.32. The van der Waals surface area contributed by atoms with Gasteiger partial charge >= 0.3 is 12.0 Å². The first-order valence-corrected chi connectivity index (χ1v) is 6.97. The average molecular weight is 343 g/mol. The molecule has 0 aliphatic carbocycles. The highest BCUT2D eigenvalue weighted by molar-refractivity contribution is 9.10. The van der Waals surface area contributed by atoms with Gasteiger partial charge in [-0.15, -0.1) is 0 Å². The van der Waals surface area contributed by atoms with Crippen molar-refractivity contribution in [3.05, 3.63) is 28.2 Å². The van der Waals surface area contributed by atoms with E-state index in [2.05, 4.69) is 26.6 Å². The Morgan fingerprint density at radius 1 is 1.30 bits per heavy atom. The lowest BCUT2D eigenvalue weighted by atomic mass is 9.87. The van der Waals surface area contributed by atoms with Crippen LogP contribution in [-0.4, -0.2) is 23.1 Å². The molecule has 2 amide bonds. The highest BCUT2D eigenvalue weighted by Crippen LogP contribution is 2.26. The van der Waals surface area contributed by atoms with Gasteiger partial charge in [-0.1, -0.05) is 32.9 Å². The highest BCUT2D eigenvalue weighted by atomic mass is 79.9. The number of amides is 2. The molecule has 0 heterocycles. The summed E-state index contributed by atoms with van der Waals surface area (Å²) in [6.45, 7) is 7.18. The molecule has 20 heavy (non-hydrogen) atoms. The zero-order valence-corrected chi connectivity index (χ0v) is 13.5. The Labute approximate surface area is 126 Å². The second-order valence-electron chi connectivity index (χ2n) is 5.67. The molecule has 0 saturated carbocycles. The van der Waals surface area contributed by atoms with Crippen molar-refractivity contribution in [2.24, 2.45) is 5.41 Å². The van der Waals surface area contributed by atoms with Gasteiger partial charge in [-0.25, -0.2) is 9.59 Å². The van der Waals surface area contributed by atoms with Crippen LogP contribution in [-0.2, 0) is 4.79 Å². The molecule has 3 N–H and O–H groups in total. The van der Waals surface area contributed by atoms with Crippen LogP contribution in [0.3, 0.4) is 0 Å². The number of carbonyl (C=O) groups is 2. The Morgan fingerprint density at radius 2 is 1.90 bits per heavy atom. The number of rotatable bonds is 3. The molecule has 1 atom stereocenters. The minimum Gasteiger partial charge on any atom is -0.480 e. The summed E-state index contributed by atoms with van der Waals surface area (Å²) >= 11 is 3.38. The van der Waals surface area contributed by atoms with Gasteiger partial charge in [0.05, 0.1) is 5.69 Å². The predicted octanol–water partition coefficient (Wildman–Crippen LogP) is 3.38. The Morgan fingerprint density at radius 3 is 2.40 bits per heavy atom. The zero-order valence-electron chi connectivity index (χ0n) is 12.0. The number of urea groups is 1. The van der Waals surface area contributed by atoms with E-state index in [-0.39, 0.29) is 0 Å². The number of hydrogen-bond donors (Lipinski definition) is 3. The number of halogens is 1. The number of carboxylic acids is 1. The van der Waals surface area contributed by atoms with Gasteiger partial charge < -0.3 is 15.7 Å². The Hall–Kier alpha value is -1.56. The van der Waals surface area contributed by atoms with Crippen molar-refractivity contribution in [2.45, 2.75) is 33.7 Å². The third-order valence-electron chi connectivity index (χ3n) is 2.83. The standard InChI is InChI=1S/C14H19BrN2O3/c1-8-6-5-7-9(10(8)15)16-13(20)17-11(12(18)19)14(2,3)4/h5-7,11H,1-4H3,(H,18,19)(H2,16,17,20). The van der Waals surface area contributed by atoms with Gasteiger partial charge in [-0.05, 0) is 39.9 Å². The maximum Gasteiger partial charge on any atom is 0.326 e. The molecule has 1 rings (SSSR count). The van der Waals surface area contributed by atoms with E-state index in [0.717, 1.165) is 10.0 Å². The fraction of sp³-hybridized carbons (Fsp3) is 0.429. The molecule has 0 bridgehead atoms. The lowest BCUT2D eigenvalue weighted by molar-refractivity contribution is -0.141. The number of benzene rings is 1. The van der Waals surface area contributed by atoms with Crippen LogP contribution >= 0.6 is 15.9 Å². The van der Waals surface area contributed by atoms with Crippen LogP contribution < -0.4 is 10.6 Å². The van der Waals surface area contributed by atoms with E-state index in [1.54, 1.807) is 26.8 Å². The SMILES string of the molecule is Cc1cccc(NC(=O)NC(C(=O)O)C(C)(C)C)c1Br. The summed E-state index contributed by atoms with van der Waals surface area (Å²) in [7, 11) is 0. The maximum atomic E-state index is 11.9. The van der Waals surface area contributed by atoms with Crippen LogP contribution in [0.4, 0.5) is 10.5 Å².